The molecule has 4 aromatic carbocycles. The molecule has 1 N–H and O–H groups in total. The normalized spacial score (nSPS) is 12.0. The van der Waals surface area contributed by atoms with Gasteiger partial charge in [-0.25, -0.2) is 0 Å². The first kappa shape index (κ1) is 31.6. The second kappa shape index (κ2) is 14.8. The highest BCUT2D eigenvalue weighted by atomic mass is 35.5. The Hall–Kier alpha value is -3.78. The molecule has 4 nitrogen and oxygen atoms in total. The van der Waals surface area contributed by atoms with E-state index in [2.05, 4.69) is 57.4 Å². The number of fused-ring (bicyclic) bond motifs is 1. The van der Waals surface area contributed by atoms with Crippen molar-refractivity contribution in [3.8, 4) is 5.75 Å². The monoisotopic (exact) mass is 619 g/mol. The lowest BCUT2D eigenvalue weighted by molar-refractivity contribution is -0.137. The van der Waals surface area contributed by atoms with Crippen molar-refractivity contribution in [2.75, 3.05) is 33.3 Å². The minimum absolute atomic E-state index is 0.0222. The summed E-state index contributed by atoms with van der Waals surface area (Å²) in [5, 5.41) is 4.00. The minimum Gasteiger partial charge on any atom is -0.493 e. The Morgan fingerprint density at radius 1 is 0.864 bits per heavy atom. The van der Waals surface area contributed by atoms with Crippen molar-refractivity contribution in [3.05, 3.63) is 137 Å². The molecule has 0 fully saturated rings. The van der Waals surface area contributed by atoms with Crippen molar-refractivity contribution in [1.29, 1.82) is 0 Å². The smallest absolute Gasteiger partial charge is 0.417 e. The predicted octanol–water partition coefficient (Wildman–Crippen LogP) is 8.64. The standard InChI is InChI=1S/C36H37ClF3N3O/c1-41-20-23-43-22-19-30-33(43)17-9-18-34(30)44-24-10-21-42(25-29-15-8-16-32(35(29)37)36(38,39)40)26-31(27-11-4-2-5-12-27)28-13-6-3-7-14-28/h2-9,11-19,22,31,41H,10,20-21,23-26H2,1H3. The number of alkyl halides is 3. The van der Waals surface area contributed by atoms with Gasteiger partial charge in [-0.2, -0.15) is 13.2 Å². The maximum atomic E-state index is 13.7. The van der Waals surface area contributed by atoms with Crippen LogP contribution in [0, 0.1) is 0 Å². The first-order valence-corrected chi connectivity index (χ1v) is 15.2. The Morgan fingerprint density at radius 2 is 1.55 bits per heavy atom. The van der Waals surface area contributed by atoms with Crippen LogP contribution in [0.3, 0.4) is 0 Å². The van der Waals surface area contributed by atoms with Crippen molar-refractivity contribution in [2.24, 2.45) is 0 Å². The van der Waals surface area contributed by atoms with Crippen molar-refractivity contribution < 1.29 is 17.9 Å². The van der Waals surface area contributed by atoms with Crippen LogP contribution in [0.1, 0.15) is 34.6 Å². The molecule has 0 radical (unpaired) electrons. The topological polar surface area (TPSA) is 29.4 Å². The zero-order chi connectivity index (χ0) is 30.9. The van der Waals surface area contributed by atoms with Crippen LogP contribution in [0.15, 0.2) is 109 Å². The maximum absolute atomic E-state index is 13.7. The Labute approximate surface area is 262 Å². The van der Waals surface area contributed by atoms with Gasteiger partial charge in [-0.15, -0.1) is 0 Å². The fourth-order valence-electron chi connectivity index (χ4n) is 5.65. The zero-order valence-corrected chi connectivity index (χ0v) is 25.5. The van der Waals surface area contributed by atoms with E-state index < -0.39 is 11.7 Å². The highest BCUT2D eigenvalue weighted by Crippen LogP contribution is 2.37. The highest BCUT2D eigenvalue weighted by Gasteiger charge is 2.34. The molecule has 0 bridgehead atoms. The Balaban J connectivity index is 1.36. The van der Waals surface area contributed by atoms with Crippen molar-refractivity contribution >= 4 is 22.5 Å². The average Bonchev–Trinajstić information content (AvgIpc) is 3.45. The quantitative estimate of drug-likeness (QED) is 0.126. The van der Waals surface area contributed by atoms with Gasteiger partial charge in [0.15, 0.2) is 0 Å². The summed E-state index contributed by atoms with van der Waals surface area (Å²) in [4.78, 5) is 2.18. The van der Waals surface area contributed by atoms with Gasteiger partial charge in [-0.05, 0) is 54.4 Å². The number of aromatic nitrogens is 1. The SMILES string of the molecule is CNCCn1ccc2c(OCCCN(Cc3cccc(C(F)(F)F)c3Cl)CC(c3ccccc3)c3ccccc3)cccc21. The van der Waals surface area contributed by atoms with Crippen LogP contribution in [-0.2, 0) is 19.3 Å². The van der Waals surface area contributed by atoms with E-state index in [9.17, 15) is 13.2 Å². The maximum Gasteiger partial charge on any atom is 0.417 e. The molecule has 0 amide bonds. The second-order valence-corrected chi connectivity index (χ2v) is 11.3. The summed E-state index contributed by atoms with van der Waals surface area (Å²) >= 11 is 6.36. The number of nitrogens with zero attached hydrogens (tertiary/aromatic N) is 2. The van der Waals surface area contributed by atoms with Crippen molar-refractivity contribution in [2.45, 2.75) is 31.6 Å². The van der Waals surface area contributed by atoms with Crippen LogP contribution >= 0.6 is 11.6 Å². The third kappa shape index (κ3) is 7.83. The predicted molar refractivity (Wildman–Crippen MR) is 172 cm³/mol. The molecule has 0 spiro atoms. The third-order valence-corrected chi connectivity index (χ3v) is 8.32. The number of likely N-dealkylation sites (N-methyl/N-ethyl adjacent to an activating group) is 1. The van der Waals surface area contributed by atoms with Crippen LogP contribution in [0.2, 0.25) is 5.02 Å². The van der Waals surface area contributed by atoms with Gasteiger partial charge < -0.3 is 14.6 Å². The number of halogens is 4. The molecular weight excluding hydrogens is 583 g/mol. The van der Waals surface area contributed by atoms with Gasteiger partial charge in [0.25, 0.3) is 0 Å². The summed E-state index contributed by atoms with van der Waals surface area (Å²) < 4.78 is 49.5. The molecule has 0 aliphatic rings. The molecule has 0 aliphatic carbocycles. The summed E-state index contributed by atoms with van der Waals surface area (Å²) in [7, 11) is 1.94. The van der Waals surface area contributed by atoms with E-state index in [-0.39, 0.29) is 17.5 Å². The number of nitrogens with one attached hydrogen (secondary N) is 1. The molecule has 5 rings (SSSR count). The van der Waals surface area contributed by atoms with Crippen molar-refractivity contribution in [1.82, 2.24) is 14.8 Å². The number of benzene rings is 4. The van der Waals surface area contributed by atoms with E-state index in [4.69, 9.17) is 16.3 Å². The van der Waals surface area contributed by atoms with E-state index >= 15 is 0 Å². The molecule has 8 heteroatoms. The molecule has 0 unspecified atom stereocenters. The molecular formula is C36H37ClF3N3O. The number of hydrogen-bond donors (Lipinski definition) is 1. The fourth-order valence-corrected chi connectivity index (χ4v) is 5.94. The van der Waals surface area contributed by atoms with Gasteiger partial charge in [-0.1, -0.05) is 90.5 Å². The summed E-state index contributed by atoms with van der Waals surface area (Å²) in [5.74, 6) is 0.846. The Kier molecular flexibility index (Phi) is 10.6. The van der Waals surface area contributed by atoms with Gasteiger partial charge in [0.1, 0.15) is 5.75 Å². The Morgan fingerprint density at radius 3 is 2.20 bits per heavy atom. The first-order chi connectivity index (χ1) is 21.3. The highest BCUT2D eigenvalue weighted by molar-refractivity contribution is 6.32. The average molecular weight is 620 g/mol. The molecule has 230 valence electrons. The second-order valence-electron chi connectivity index (χ2n) is 10.9. The first-order valence-electron chi connectivity index (χ1n) is 14.9. The molecule has 1 aromatic heterocycles. The number of ether oxygens (including phenoxy) is 1. The van der Waals surface area contributed by atoms with Crippen LogP contribution in [-0.4, -0.2) is 42.8 Å². The molecule has 0 atom stereocenters. The summed E-state index contributed by atoms with van der Waals surface area (Å²) in [6.45, 7) is 3.69. The lowest BCUT2D eigenvalue weighted by Crippen LogP contribution is -2.31. The van der Waals surface area contributed by atoms with Crippen LogP contribution < -0.4 is 10.1 Å². The van der Waals surface area contributed by atoms with Crippen molar-refractivity contribution in [3.63, 3.8) is 0 Å². The molecule has 5 aromatic rings. The number of hydrogen-bond acceptors (Lipinski definition) is 3. The van der Waals surface area contributed by atoms with Crippen LogP contribution in [0.5, 0.6) is 5.75 Å². The Bertz CT molecular complexity index is 1580. The van der Waals surface area contributed by atoms with Gasteiger partial charge >= 0.3 is 6.18 Å². The van der Waals surface area contributed by atoms with Gasteiger partial charge in [-0.3, -0.25) is 4.90 Å². The fraction of sp³-hybridized carbons (Fsp3) is 0.278. The number of rotatable bonds is 14. The van der Waals surface area contributed by atoms with Gasteiger partial charge in [0, 0.05) is 50.2 Å². The van der Waals surface area contributed by atoms with E-state index in [1.165, 1.54) is 6.07 Å². The third-order valence-electron chi connectivity index (χ3n) is 7.88. The van der Waals surface area contributed by atoms with E-state index in [1.807, 2.05) is 55.6 Å². The molecule has 0 aliphatic heterocycles. The summed E-state index contributed by atoms with van der Waals surface area (Å²) in [6.07, 6.45) is -1.76. The zero-order valence-electron chi connectivity index (χ0n) is 24.7. The minimum atomic E-state index is -4.52. The largest absolute Gasteiger partial charge is 0.493 e. The lowest BCUT2D eigenvalue weighted by Gasteiger charge is -2.29. The molecule has 1 heterocycles. The molecule has 0 saturated heterocycles. The molecule has 44 heavy (non-hydrogen) atoms. The van der Waals surface area contributed by atoms with Gasteiger partial charge in [0.2, 0.25) is 0 Å². The molecule has 0 saturated carbocycles. The van der Waals surface area contributed by atoms with E-state index in [0.717, 1.165) is 46.9 Å². The summed E-state index contributed by atoms with van der Waals surface area (Å²) in [6, 6.07) is 32.7. The van der Waals surface area contributed by atoms with E-state index in [1.54, 1.807) is 6.07 Å². The van der Waals surface area contributed by atoms with Gasteiger partial charge in [0.05, 0.1) is 22.7 Å². The van der Waals surface area contributed by atoms with Crippen LogP contribution in [0.4, 0.5) is 13.2 Å². The van der Waals surface area contributed by atoms with Crippen LogP contribution in [0.25, 0.3) is 10.9 Å². The lowest BCUT2D eigenvalue weighted by atomic mass is 9.90. The summed E-state index contributed by atoms with van der Waals surface area (Å²) in [5.41, 5.74) is 3.05. The van der Waals surface area contributed by atoms with E-state index in [0.29, 0.717) is 31.7 Å².